The molecule has 26 heavy (non-hydrogen) atoms. The predicted octanol–water partition coefficient (Wildman–Crippen LogP) is 5.06. The molecular formula is C22H28N2O2. The van der Waals surface area contributed by atoms with Crippen LogP contribution in [0.4, 0.5) is 5.69 Å². The Kier molecular flexibility index (Phi) is 5.82. The standard InChI is InChI=1S/C22H28N2O2/c1-3-4-5-6-9-15-26-18-12-10-11-17(16-18)22(2)23-20-14-8-7-13-19(20)21(25)24-22/h7-8,10-14,16,23H,3-6,9,15H2,1-2H3,(H,24,25). The van der Waals surface area contributed by atoms with Crippen molar-refractivity contribution < 1.29 is 9.53 Å². The monoisotopic (exact) mass is 352 g/mol. The third kappa shape index (κ3) is 4.18. The van der Waals surface area contributed by atoms with Gasteiger partial charge >= 0.3 is 0 Å². The van der Waals surface area contributed by atoms with Crippen molar-refractivity contribution in [1.29, 1.82) is 0 Å². The summed E-state index contributed by atoms with van der Waals surface area (Å²) in [5.74, 6) is 0.776. The quantitative estimate of drug-likeness (QED) is 0.653. The average molecular weight is 352 g/mol. The summed E-state index contributed by atoms with van der Waals surface area (Å²) in [7, 11) is 0. The number of nitrogens with one attached hydrogen (secondary N) is 2. The van der Waals surface area contributed by atoms with Gasteiger partial charge in [-0.3, -0.25) is 4.79 Å². The highest BCUT2D eigenvalue weighted by molar-refractivity contribution is 6.02. The summed E-state index contributed by atoms with van der Waals surface area (Å²) in [6.07, 6.45) is 6.10. The number of carbonyl (C=O) groups is 1. The van der Waals surface area contributed by atoms with Crippen molar-refractivity contribution in [2.24, 2.45) is 0 Å². The maximum atomic E-state index is 12.5. The third-order valence-electron chi connectivity index (χ3n) is 4.85. The van der Waals surface area contributed by atoms with E-state index < -0.39 is 5.66 Å². The molecule has 3 rings (SSSR count). The van der Waals surface area contributed by atoms with Crippen LogP contribution in [-0.2, 0) is 5.66 Å². The van der Waals surface area contributed by atoms with Crippen molar-refractivity contribution in [2.45, 2.75) is 51.6 Å². The third-order valence-corrected chi connectivity index (χ3v) is 4.85. The van der Waals surface area contributed by atoms with Gasteiger partial charge in [-0.25, -0.2) is 0 Å². The molecule has 0 radical (unpaired) electrons. The fourth-order valence-electron chi connectivity index (χ4n) is 3.32. The second-order valence-corrected chi connectivity index (χ2v) is 7.04. The van der Waals surface area contributed by atoms with E-state index in [1.165, 1.54) is 25.7 Å². The molecule has 4 nitrogen and oxygen atoms in total. The zero-order valence-corrected chi connectivity index (χ0v) is 15.7. The lowest BCUT2D eigenvalue weighted by atomic mass is 9.96. The largest absolute Gasteiger partial charge is 0.494 e. The van der Waals surface area contributed by atoms with E-state index in [0.717, 1.165) is 30.0 Å². The molecule has 1 heterocycles. The molecule has 0 spiro atoms. The number of hydrogen-bond donors (Lipinski definition) is 2. The van der Waals surface area contributed by atoms with Gasteiger partial charge < -0.3 is 15.4 Å². The summed E-state index contributed by atoms with van der Waals surface area (Å²) in [5, 5.41) is 6.53. The van der Waals surface area contributed by atoms with Gasteiger partial charge in [-0.05, 0) is 37.6 Å². The van der Waals surface area contributed by atoms with Crippen LogP contribution in [0.1, 0.15) is 61.9 Å². The van der Waals surface area contributed by atoms with Crippen molar-refractivity contribution in [2.75, 3.05) is 11.9 Å². The van der Waals surface area contributed by atoms with Crippen molar-refractivity contribution in [1.82, 2.24) is 5.32 Å². The van der Waals surface area contributed by atoms with Crippen LogP contribution in [0.2, 0.25) is 0 Å². The van der Waals surface area contributed by atoms with Crippen LogP contribution in [-0.4, -0.2) is 12.5 Å². The van der Waals surface area contributed by atoms with Gasteiger partial charge in [-0.1, -0.05) is 56.9 Å². The predicted molar refractivity (Wildman–Crippen MR) is 106 cm³/mol. The Morgan fingerprint density at radius 1 is 0.962 bits per heavy atom. The fraction of sp³-hybridized carbons (Fsp3) is 0.409. The zero-order valence-electron chi connectivity index (χ0n) is 15.7. The number of amides is 1. The van der Waals surface area contributed by atoms with E-state index in [9.17, 15) is 4.79 Å². The molecule has 2 aromatic rings. The van der Waals surface area contributed by atoms with Crippen LogP contribution < -0.4 is 15.4 Å². The number of carbonyl (C=O) groups excluding carboxylic acids is 1. The molecule has 1 aliphatic heterocycles. The highest BCUT2D eigenvalue weighted by Gasteiger charge is 2.34. The number of unbranched alkanes of at least 4 members (excludes halogenated alkanes) is 4. The Morgan fingerprint density at radius 3 is 2.62 bits per heavy atom. The van der Waals surface area contributed by atoms with Crippen LogP contribution in [0.25, 0.3) is 0 Å². The highest BCUT2D eigenvalue weighted by atomic mass is 16.5. The van der Waals surface area contributed by atoms with Crippen LogP contribution >= 0.6 is 0 Å². The molecule has 4 heteroatoms. The van der Waals surface area contributed by atoms with E-state index in [1.807, 2.05) is 55.5 Å². The van der Waals surface area contributed by atoms with Gasteiger partial charge in [0.2, 0.25) is 0 Å². The summed E-state index contributed by atoms with van der Waals surface area (Å²) in [4.78, 5) is 12.5. The average Bonchev–Trinajstić information content (AvgIpc) is 2.65. The molecule has 1 aliphatic rings. The zero-order chi connectivity index (χ0) is 18.4. The smallest absolute Gasteiger partial charge is 0.255 e. The topological polar surface area (TPSA) is 50.4 Å². The SMILES string of the molecule is CCCCCCCOc1cccc(C2(C)NC(=O)c3ccccc3N2)c1. The van der Waals surface area contributed by atoms with Gasteiger partial charge in [0.1, 0.15) is 11.4 Å². The van der Waals surface area contributed by atoms with Crippen LogP contribution in [0.5, 0.6) is 5.75 Å². The summed E-state index contributed by atoms with van der Waals surface area (Å²) in [5.41, 5.74) is 1.83. The summed E-state index contributed by atoms with van der Waals surface area (Å²) in [6.45, 7) is 4.93. The first-order chi connectivity index (χ1) is 12.6. The summed E-state index contributed by atoms with van der Waals surface area (Å²) < 4.78 is 5.92. The minimum absolute atomic E-state index is 0.0657. The lowest BCUT2D eigenvalue weighted by molar-refractivity contribution is 0.0906. The Hall–Kier alpha value is -2.49. The molecule has 0 fully saturated rings. The van der Waals surface area contributed by atoms with Crippen molar-refractivity contribution >= 4 is 11.6 Å². The molecule has 0 aliphatic carbocycles. The molecule has 1 atom stereocenters. The number of anilines is 1. The van der Waals surface area contributed by atoms with E-state index >= 15 is 0 Å². The molecular weight excluding hydrogens is 324 g/mol. The minimum Gasteiger partial charge on any atom is -0.494 e. The Bertz CT molecular complexity index is 759. The Labute approximate surface area is 156 Å². The molecule has 2 aromatic carbocycles. The first kappa shape index (κ1) is 18.3. The van der Waals surface area contributed by atoms with Crippen LogP contribution in [0.3, 0.4) is 0 Å². The van der Waals surface area contributed by atoms with Crippen LogP contribution in [0.15, 0.2) is 48.5 Å². The minimum atomic E-state index is -0.661. The number of ether oxygens (including phenoxy) is 1. The van der Waals surface area contributed by atoms with Crippen molar-refractivity contribution in [3.8, 4) is 5.75 Å². The molecule has 1 amide bonds. The fourth-order valence-corrected chi connectivity index (χ4v) is 3.32. The Balaban J connectivity index is 1.67. The molecule has 1 unspecified atom stereocenters. The normalized spacial score (nSPS) is 18.6. The second kappa shape index (κ2) is 8.26. The second-order valence-electron chi connectivity index (χ2n) is 7.04. The van der Waals surface area contributed by atoms with Gasteiger partial charge in [0, 0.05) is 11.3 Å². The van der Waals surface area contributed by atoms with Crippen molar-refractivity contribution in [3.05, 3.63) is 59.7 Å². The molecule has 138 valence electrons. The van der Waals surface area contributed by atoms with Gasteiger partial charge in [0.05, 0.1) is 12.2 Å². The first-order valence-electron chi connectivity index (χ1n) is 9.55. The lowest BCUT2D eigenvalue weighted by Crippen LogP contribution is -2.52. The number of benzene rings is 2. The first-order valence-corrected chi connectivity index (χ1v) is 9.55. The highest BCUT2D eigenvalue weighted by Crippen LogP contribution is 2.32. The molecule has 0 saturated carbocycles. The Morgan fingerprint density at radius 2 is 1.77 bits per heavy atom. The molecule has 2 N–H and O–H groups in total. The number of para-hydroxylation sites is 1. The van der Waals surface area contributed by atoms with E-state index in [-0.39, 0.29) is 5.91 Å². The van der Waals surface area contributed by atoms with E-state index in [4.69, 9.17) is 4.74 Å². The number of fused-ring (bicyclic) bond motifs is 1. The summed E-state index contributed by atoms with van der Waals surface area (Å²) >= 11 is 0. The van der Waals surface area contributed by atoms with Crippen LogP contribution in [0, 0.1) is 0 Å². The van der Waals surface area contributed by atoms with E-state index in [0.29, 0.717) is 5.56 Å². The summed E-state index contributed by atoms with van der Waals surface area (Å²) in [6, 6.07) is 15.5. The number of rotatable bonds is 8. The maximum Gasteiger partial charge on any atom is 0.255 e. The van der Waals surface area contributed by atoms with E-state index in [2.05, 4.69) is 17.6 Å². The number of hydrogen-bond acceptors (Lipinski definition) is 3. The van der Waals surface area contributed by atoms with Gasteiger partial charge in [0.15, 0.2) is 0 Å². The molecule has 0 bridgehead atoms. The van der Waals surface area contributed by atoms with E-state index in [1.54, 1.807) is 0 Å². The van der Waals surface area contributed by atoms with Crippen molar-refractivity contribution in [3.63, 3.8) is 0 Å². The maximum absolute atomic E-state index is 12.5. The van der Waals surface area contributed by atoms with Gasteiger partial charge in [-0.15, -0.1) is 0 Å². The molecule has 0 saturated heterocycles. The van der Waals surface area contributed by atoms with Gasteiger partial charge in [0.25, 0.3) is 5.91 Å². The lowest BCUT2D eigenvalue weighted by Gasteiger charge is -2.38. The molecule has 0 aromatic heterocycles. The van der Waals surface area contributed by atoms with Gasteiger partial charge in [-0.2, -0.15) is 0 Å².